The van der Waals surface area contributed by atoms with Crippen molar-refractivity contribution in [3.8, 4) is 5.75 Å². The van der Waals surface area contributed by atoms with Crippen molar-refractivity contribution in [1.82, 2.24) is 0 Å². The zero-order chi connectivity index (χ0) is 19.4. The second-order valence-corrected chi connectivity index (χ2v) is 8.96. The molecule has 0 saturated heterocycles. The predicted molar refractivity (Wildman–Crippen MR) is 105 cm³/mol. The number of hydrogen-bond donors (Lipinski definition) is 2. The fraction of sp³-hybridized carbons (Fsp3) is 0.682. The van der Waals surface area contributed by atoms with Gasteiger partial charge in [-0.1, -0.05) is 54.5 Å². The van der Waals surface area contributed by atoms with E-state index in [1.165, 1.54) is 5.56 Å². The summed E-state index contributed by atoms with van der Waals surface area (Å²) < 4.78 is 0. The third kappa shape index (κ3) is 5.76. The second kappa shape index (κ2) is 8.25. The molecule has 0 saturated carbocycles. The minimum absolute atomic E-state index is 0.115. The number of carboxylic acid groups (broad SMARTS) is 1. The van der Waals surface area contributed by atoms with E-state index in [0.29, 0.717) is 18.6 Å². The number of phenols is 1. The van der Waals surface area contributed by atoms with Crippen LogP contribution in [0.25, 0.3) is 0 Å². The van der Waals surface area contributed by atoms with E-state index in [-0.39, 0.29) is 17.3 Å². The molecule has 0 spiro atoms. The van der Waals surface area contributed by atoms with Gasteiger partial charge in [0.2, 0.25) is 0 Å². The van der Waals surface area contributed by atoms with Gasteiger partial charge in [0.1, 0.15) is 5.75 Å². The molecule has 0 unspecified atom stereocenters. The average molecular weight is 349 g/mol. The molecule has 1 rings (SSSR count). The molecule has 3 heteroatoms. The molecule has 3 nitrogen and oxygen atoms in total. The number of phenolic OH excluding ortho intramolecular Hbond substituents is 1. The van der Waals surface area contributed by atoms with Gasteiger partial charge in [0.25, 0.3) is 0 Å². The topological polar surface area (TPSA) is 57.5 Å². The average Bonchev–Trinajstić information content (AvgIpc) is 2.44. The maximum atomic E-state index is 11.0. The van der Waals surface area contributed by atoms with Crippen LogP contribution in [-0.2, 0) is 29.5 Å². The lowest BCUT2D eigenvalue weighted by molar-refractivity contribution is -0.137. The van der Waals surface area contributed by atoms with Crippen molar-refractivity contribution in [1.29, 1.82) is 0 Å². The van der Waals surface area contributed by atoms with Gasteiger partial charge < -0.3 is 10.2 Å². The Hall–Kier alpha value is -1.51. The summed E-state index contributed by atoms with van der Waals surface area (Å²) in [5.74, 6) is -0.345. The van der Waals surface area contributed by atoms with Crippen LogP contribution < -0.4 is 0 Å². The normalized spacial score (nSPS) is 12.4. The summed E-state index contributed by atoms with van der Waals surface area (Å²) in [7, 11) is 0. The molecule has 1 aromatic rings. The molecule has 25 heavy (non-hydrogen) atoms. The highest BCUT2D eigenvalue weighted by molar-refractivity contribution is 5.66. The highest BCUT2D eigenvalue weighted by Crippen LogP contribution is 2.43. The molecule has 0 heterocycles. The van der Waals surface area contributed by atoms with E-state index >= 15 is 0 Å². The molecular formula is C22H36O3. The van der Waals surface area contributed by atoms with Crippen molar-refractivity contribution in [3.63, 3.8) is 0 Å². The molecule has 1 aromatic carbocycles. The first-order chi connectivity index (χ1) is 11.4. The van der Waals surface area contributed by atoms with E-state index in [1.54, 1.807) is 0 Å². The van der Waals surface area contributed by atoms with Crippen molar-refractivity contribution >= 4 is 5.97 Å². The number of carboxylic acids is 1. The van der Waals surface area contributed by atoms with Crippen LogP contribution in [0.2, 0.25) is 0 Å². The highest BCUT2D eigenvalue weighted by atomic mass is 16.4. The zero-order valence-corrected chi connectivity index (χ0v) is 17.1. The SMILES string of the molecule is CCc1cc(C(C)(C)CC(C)(C)C)c(O)c(CC)c1CCCC(=O)O. The van der Waals surface area contributed by atoms with Crippen LogP contribution in [-0.4, -0.2) is 16.2 Å². The van der Waals surface area contributed by atoms with Crippen LogP contribution in [0.1, 0.15) is 90.0 Å². The van der Waals surface area contributed by atoms with Gasteiger partial charge in [-0.2, -0.15) is 0 Å². The number of benzene rings is 1. The Bertz CT molecular complexity index is 607. The summed E-state index contributed by atoms with van der Waals surface area (Å²) in [5, 5.41) is 19.9. The van der Waals surface area contributed by atoms with Crippen molar-refractivity contribution in [2.45, 2.75) is 92.4 Å². The van der Waals surface area contributed by atoms with Gasteiger partial charge in [0.15, 0.2) is 0 Å². The summed E-state index contributed by atoms with van der Waals surface area (Å²) in [6.45, 7) is 15.3. The van der Waals surface area contributed by atoms with Gasteiger partial charge in [0.05, 0.1) is 0 Å². The minimum Gasteiger partial charge on any atom is -0.507 e. The van der Waals surface area contributed by atoms with E-state index in [9.17, 15) is 9.90 Å². The zero-order valence-electron chi connectivity index (χ0n) is 17.1. The van der Waals surface area contributed by atoms with Crippen molar-refractivity contribution in [2.24, 2.45) is 5.41 Å². The minimum atomic E-state index is -0.761. The van der Waals surface area contributed by atoms with Gasteiger partial charge in [-0.15, -0.1) is 0 Å². The number of carbonyl (C=O) groups is 1. The monoisotopic (exact) mass is 348 g/mol. The summed E-state index contributed by atoms with van der Waals surface area (Å²) in [5.41, 5.74) is 4.49. The van der Waals surface area contributed by atoms with E-state index in [0.717, 1.165) is 36.0 Å². The molecule has 0 aliphatic carbocycles. The van der Waals surface area contributed by atoms with Gasteiger partial charge in [-0.3, -0.25) is 4.79 Å². The van der Waals surface area contributed by atoms with Gasteiger partial charge in [0, 0.05) is 12.0 Å². The quantitative estimate of drug-likeness (QED) is 0.639. The smallest absolute Gasteiger partial charge is 0.303 e. The first-order valence-corrected chi connectivity index (χ1v) is 9.51. The summed E-state index contributed by atoms with van der Waals surface area (Å²) in [6, 6.07) is 2.16. The highest BCUT2D eigenvalue weighted by Gasteiger charge is 2.31. The lowest BCUT2D eigenvalue weighted by Gasteiger charge is -2.35. The number of hydrogen-bond acceptors (Lipinski definition) is 2. The van der Waals surface area contributed by atoms with Gasteiger partial charge in [-0.25, -0.2) is 0 Å². The molecule has 0 aromatic heterocycles. The summed E-state index contributed by atoms with van der Waals surface area (Å²) >= 11 is 0. The molecule has 0 aliphatic rings. The van der Waals surface area contributed by atoms with E-state index in [1.807, 2.05) is 0 Å². The van der Waals surface area contributed by atoms with Crippen LogP contribution in [0.5, 0.6) is 5.75 Å². The molecular weight excluding hydrogens is 312 g/mol. The summed E-state index contributed by atoms with van der Waals surface area (Å²) in [6.07, 6.45) is 4.14. The molecule has 0 aliphatic heterocycles. The maximum Gasteiger partial charge on any atom is 0.303 e. The van der Waals surface area contributed by atoms with Crippen LogP contribution >= 0.6 is 0 Å². The van der Waals surface area contributed by atoms with Crippen LogP contribution in [0.15, 0.2) is 6.07 Å². The molecule has 2 N–H and O–H groups in total. The number of aromatic hydroxyl groups is 1. The van der Waals surface area contributed by atoms with Crippen molar-refractivity contribution in [2.75, 3.05) is 0 Å². The molecule has 0 fully saturated rings. The van der Waals surface area contributed by atoms with Crippen LogP contribution in [0.4, 0.5) is 0 Å². The first kappa shape index (κ1) is 21.5. The van der Waals surface area contributed by atoms with Crippen molar-refractivity contribution < 1.29 is 15.0 Å². The van der Waals surface area contributed by atoms with E-state index < -0.39 is 5.97 Å². The second-order valence-electron chi connectivity index (χ2n) is 8.96. The third-order valence-corrected chi connectivity index (χ3v) is 4.86. The standard InChI is InChI=1S/C22H36O3/c1-8-15-13-18(22(6,7)14-21(3,4)5)20(25)16(9-2)17(15)11-10-12-19(23)24/h13,25H,8-12,14H2,1-7H3,(H,23,24). The summed E-state index contributed by atoms with van der Waals surface area (Å²) in [4.78, 5) is 10.8. The third-order valence-electron chi connectivity index (χ3n) is 4.86. The van der Waals surface area contributed by atoms with Crippen LogP contribution in [0, 0.1) is 5.41 Å². The Morgan fingerprint density at radius 3 is 2.08 bits per heavy atom. The van der Waals surface area contributed by atoms with Gasteiger partial charge >= 0.3 is 5.97 Å². The number of aryl methyl sites for hydroxylation is 1. The molecule has 0 atom stereocenters. The fourth-order valence-corrected chi connectivity index (χ4v) is 4.19. The lowest BCUT2D eigenvalue weighted by atomic mass is 9.70. The predicted octanol–water partition coefficient (Wildman–Crippen LogP) is 5.64. The largest absolute Gasteiger partial charge is 0.507 e. The van der Waals surface area contributed by atoms with Crippen molar-refractivity contribution in [3.05, 3.63) is 28.3 Å². The Labute approximate surface area is 153 Å². The fourth-order valence-electron chi connectivity index (χ4n) is 4.19. The Morgan fingerprint density at radius 2 is 1.64 bits per heavy atom. The van der Waals surface area contributed by atoms with Crippen LogP contribution in [0.3, 0.4) is 0 Å². The number of aliphatic carboxylic acids is 1. The number of rotatable bonds is 8. The molecule has 0 amide bonds. The Kier molecular flexibility index (Phi) is 7.10. The van der Waals surface area contributed by atoms with Gasteiger partial charge in [-0.05, 0) is 59.6 Å². The molecule has 142 valence electrons. The Morgan fingerprint density at radius 1 is 1.04 bits per heavy atom. The molecule has 0 radical (unpaired) electrons. The molecule has 0 bridgehead atoms. The maximum absolute atomic E-state index is 11.0. The van der Waals surface area contributed by atoms with E-state index in [2.05, 4.69) is 54.5 Å². The first-order valence-electron chi connectivity index (χ1n) is 9.51. The lowest BCUT2D eigenvalue weighted by Crippen LogP contribution is -2.25. The van der Waals surface area contributed by atoms with E-state index in [4.69, 9.17) is 5.11 Å². The Balaban J connectivity index is 3.37.